The van der Waals surface area contributed by atoms with Gasteiger partial charge in [0.15, 0.2) is 0 Å². The number of hydrogen-bond donors (Lipinski definition) is 1. The van der Waals surface area contributed by atoms with E-state index in [-0.39, 0.29) is 18.2 Å². The molecule has 2 aliphatic rings. The number of ether oxygens (including phenoxy) is 2. The van der Waals surface area contributed by atoms with Crippen LogP contribution in [0.25, 0.3) is 10.9 Å². The minimum Gasteiger partial charge on any atom is -0.441 e. The van der Waals surface area contributed by atoms with E-state index in [4.69, 9.17) is 9.47 Å². The number of aromatic nitrogens is 3. The van der Waals surface area contributed by atoms with Crippen molar-refractivity contribution in [1.29, 1.82) is 0 Å². The normalized spacial score (nSPS) is 16.3. The maximum Gasteiger partial charge on any atom is 0.410 e. The number of hydrogen-bond acceptors (Lipinski definition) is 6. The van der Waals surface area contributed by atoms with Crippen LogP contribution >= 0.6 is 0 Å². The van der Waals surface area contributed by atoms with Crippen molar-refractivity contribution in [3.63, 3.8) is 0 Å². The van der Waals surface area contributed by atoms with Crippen molar-refractivity contribution in [2.45, 2.75) is 77.3 Å². The van der Waals surface area contributed by atoms with E-state index >= 15 is 0 Å². The maximum absolute atomic E-state index is 13.5. The van der Waals surface area contributed by atoms with E-state index in [1.54, 1.807) is 17.3 Å². The quantitative estimate of drug-likeness (QED) is 0.148. The van der Waals surface area contributed by atoms with E-state index in [1.807, 2.05) is 52.2 Å². The van der Waals surface area contributed by atoms with Gasteiger partial charge in [0.1, 0.15) is 12.8 Å². The van der Waals surface area contributed by atoms with Crippen molar-refractivity contribution < 1.29 is 19.1 Å². The third-order valence-corrected chi connectivity index (χ3v) is 10.6. The van der Waals surface area contributed by atoms with Crippen LogP contribution in [-0.2, 0) is 29.2 Å². The molecule has 1 saturated heterocycles. The van der Waals surface area contributed by atoms with Crippen LogP contribution in [0.5, 0.6) is 0 Å². The molecule has 4 aromatic rings. The number of nitrogens with zero attached hydrogens (tertiary/aromatic N) is 5. The predicted octanol–water partition coefficient (Wildman–Crippen LogP) is 6.98. The van der Waals surface area contributed by atoms with Gasteiger partial charge in [-0.3, -0.25) is 4.98 Å². The molecule has 1 atom stereocenters. The predicted molar refractivity (Wildman–Crippen MR) is 181 cm³/mol. The summed E-state index contributed by atoms with van der Waals surface area (Å²) in [5.41, 5.74) is 6.03. The number of amides is 3. The lowest BCUT2D eigenvalue weighted by Crippen LogP contribution is -2.51. The number of para-hydroxylation sites is 1. The fourth-order valence-electron chi connectivity index (χ4n) is 6.35. The highest BCUT2D eigenvalue weighted by Crippen LogP contribution is 2.30. The number of fused-ring (bicyclic) bond motifs is 2. The molecule has 2 aromatic heterocycles. The Bertz CT molecular complexity index is 1680. The average Bonchev–Trinajstić information content (AvgIpc) is 3.46. The van der Waals surface area contributed by atoms with Gasteiger partial charge < -0.3 is 24.6 Å². The molecule has 1 N–H and O–H groups in total. The first kappa shape index (κ1) is 31.7. The Balaban J connectivity index is 1.10. The van der Waals surface area contributed by atoms with Crippen LogP contribution in [0.2, 0.25) is 25.7 Å². The smallest absolute Gasteiger partial charge is 0.410 e. The molecule has 11 heteroatoms. The minimum absolute atomic E-state index is 0.0629. The maximum atomic E-state index is 13.5. The lowest BCUT2D eigenvalue weighted by atomic mass is 9.99. The molecule has 3 amide bonds. The van der Waals surface area contributed by atoms with Crippen molar-refractivity contribution in [3.8, 4) is 0 Å². The topological polar surface area (TPSA) is 102 Å². The summed E-state index contributed by atoms with van der Waals surface area (Å²) in [6.45, 7) is 11.9. The van der Waals surface area contributed by atoms with Crippen LogP contribution in [0.4, 0.5) is 15.3 Å². The molecule has 0 spiro atoms. The van der Waals surface area contributed by atoms with Crippen LogP contribution in [0.1, 0.15) is 41.2 Å². The summed E-state index contributed by atoms with van der Waals surface area (Å²) in [6.07, 6.45) is 6.42. The Kier molecular flexibility index (Phi) is 9.41. The zero-order valence-electron chi connectivity index (χ0n) is 27.2. The van der Waals surface area contributed by atoms with E-state index in [0.717, 1.165) is 51.5 Å². The van der Waals surface area contributed by atoms with Crippen LogP contribution in [0.3, 0.4) is 0 Å². The standard InChI is InChI=1S/C35H44N6O4Si/c1-25-18-26(19-29-22-37-41(33(25)29)24-44-16-17-46(2,3)4)20-32(27-9-7-13-36-21-27)45-35(43)39-14-11-30(12-15-39)40-23-28-8-5-6-10-31(28)38-34(40)42/h5-10,13,18-19,21-22,30,32H,11-12,14-17,20,23-24H2,1-4H3,(H,38,42). The number of urea groups is 1. The van der Waals surface area contributed by atoms with Gasteiger partial charge in [0, 0.05) is 75.8 Å². The molecule has 0 bridgehead atoms. The summed E-state index contributed by atoms with van der Waals surface area (Å²) in [5.74, 6) is 0. The van der Waals surface area contributed by atoms with Crippen LogP contribution in [-0.4, -0.2) is 70.5 Å². The van der Waals surface area contributed by atoms with E-state index in [0.29, 0.717) is 45.6 Å². The SMILES string of the molecule is Cc1cc(CC(OC(=O)N2CCC(N3Cc4ccccc4NC3=O)CC2)c2cccnc2)cc2cnn(COCC[Si](C)(C)C)c12. The van der Waals surface area contributed by atoms with Crippen LogP contribution in [0, 0.1) is 6.92 Å². The molecular formula is C35H44N6O4Si. The Morgan fingerprint density at radius 3 is 2.65 bits per heavy atom. The molecule has 2 aromatic carbocycles. The monoisotopic (exact) mass is 640 g/mol. The molecule has 0 saturated carbocycles. The molecule has 242 valence electrons. The molecule has 10 nitrogen and oxygen atoms in total. The molecule has 46 heavy (non-hydrogen) atoms. The first-order valence-corrected chi connectivity index (χ1v) is 19.9. The fourth-order valence-corrected chi connectivity index (χ4v) is 7.11. The Labute approximate surface area is 271 Å². The third kappa shape index (κ3) is 7.42. The zero-order valence-corrected chi connectivity index (χ0v) is 28.2. The van der Waals surface area contributed by atoms with Gasteiger partial charge in [0.05, 0.1) is 11.7 Å². The summed E-state index contributed by atoms with van der Waals surface area (Å²) in [5, 5.41) is 8.65. The third-order valence-electron chi connectivity index (χ3n) is 8.94. The van der Waals surface area contributed by atoms with Crippen molar-refractivity contribution in [2.24, 2.45) is 0 Å². The van der Waals surface area contributed by atoms with E-state index in [1.165, 1.54) is 0 Å². The number of nitrogens with one attached hydrogen (secondary N) is 1. The second-order valence-electron chi connectivity index (χ2n) is 13.6. The zero-order chi connectivity index (χ0) is 32.3. The number of piperidine rings is 1. The van der Waals surface area contributed by atoms with E-state index in [2.05, 4.69) is 54.1 Å². The van der Waals surface area contributed by atoms with Gasteiger partial charge in [-0.2, -0.15) is 5.10 Å². The Morgan fingerprint density at radius 1 is 1.09 bits per heavy atom. The summed E-state index contributed by atoms with van der Waals surface area (Å²) >= 11 is 0. The number of benzene rings is 2. The molecule has 2 aliphatic heterocycles. The van der Waals surface area contributed by atoms with Gasteiger partial charge in [-0.15, -0.1) is 0 Å². The average molecular weight is 641 g/mol. The Morgan fingerprint density at radius 2 is 1.89 bits per heavy atom. The molecule has 0 aliphatic carbocycles. The number of carbonyl (C=O) groups excluding carboxylic acids is 2. The first-order valence-electron chi connectivity index (χ1n) is 16.2. The molecule has 4 heterocycles. The number of pyridine rings is 1. The number of rotatable bonds is 10. The van der Waals surface area contributed by atoms with Crippen molar-refractivity contribution in [1.82, 2.24) is 24.6 Å². The number of likely N-dealkylation sites (tertiary alicyclic amines) is 1. The van der Waals surface area contributed by atoms with Gasteiger partial charge in [0.2, 0.25) is 0 Å². The highest BCUT2D eigenvalue weighted by molar-refractivity contribution is 6.76. The lowest BCUT2D eigenvalue weighted by Gasteiger charge is -2.40. The number of carbonyl (C=O) groups is 2. The lowest BCUT2D eigenvalue weighted by molar-refractivity contribution is 0.0476. The summed E-state index contributed by atoms with van der Waals surface area (Å²) < 4.78 is 14.1. The largest absolute Gasteiger partial charge is 0.441 e. The van der Waals surface area contributed by atoms with Crippen molar-refractivity contribution in [2.75, 3.05) is 25.0 Å². The molecule has 1 fully saturated rings. The first-order chi connectivity index (χ1) is 22.1. The Hall–Kier alpha value is -4.22. The molecule has 0 radical (unpaired) electrons. The summed E-state index contributed by atoms with van der Waals surface area (Å²) in [7, 11) is -1.16. The van der Waals surface area contributed by atoms with Gasteiger partial charge in [-0.1, -0.05) is 50.0 Å². The van der Waals surface area contributed by atoms with E-state index in [9.17, 15) is 9.59 Å². The molecule has 6 rings (SSSR count). The van der Waals surface area contributed by atoms with E-state index < -0.39 is 14.2 Å². The number of aryl methyl sites for hydroxylation is 1. The van der Waals surface area contributed by atoms with Gasteiger partial charge in [-0.25, -0.2) is 14.3 Å². The van der Waals surface area contributed by atoms with Crippen LogP contribution in [0.15, 0.2) is 67.1 Å². The van der Waals surface area contributed by atoms with Gasteiger partial charge in [-0.05, 0) is 60.7 Å². The van der Waals surface area contributed by atoms with Gasteiger partial charge in [0.25, 0.3) is 0 Å². The second-order valence-corrected chi connectivity index (χ2v) is 19.3. The second kappa shape index (κ2) is 13.6. The highest BCUT2D eigenvalue weighted by Gasteiger charge is 2.33. The van der Waals surface area contributed by atoms with Gasteiger partial charge >= 0.3 is 12.1 Å². The van der Waals surface area contributed by atoms with Crippen molar-refractivity contribution in [3.05, 3.63) is 89.4 Å². The molecular weight excluding hydrogens is 597 g/mol. The van der Waals surface area contributed by atoms with Crippen LogP contribution < -0.4 is 5.32 Å². The fraction of sp³-hybridized carbons (Fsp3) is 0.429. The van der Waals surface area contributed by atoms with Crippen molar-refractivity contribution >= 4 is 36.8 Å². The molecule has 1 unspecified atom stereocenters. The summed E-state index contributed by atoms with van der Waals surface area (Å²) in [4.78, 5) is 34.3. The summed E-state index contributed by atoms with van der Waals surface area (Å²) in [6, 6.07) is 17.1. The number of anilines is 1. The minimum atomic E-state index is -1.16. The highest BCUT2D eigenvalue weighted by atomic mass is 28.3.